The van der Waals surface area contributed by atoms with E-state index in [1.54, 1.807) is 0 Å². The van der Waals surface area contributed by atoms with Crippen LogP contribution in [0.2, 0.25) is 0 Å². The van der Waals surface area contributed by atoms with Crippen LogP contribution in [0.1, 0.15) is 329 Å². The molecule has 0 aromatic rings. The average molecular weight is 996 g/mol. The number of carbonyl (C=O) groups is 3. The monoisotopic (exact) mass is 995 g/mol. The van der Waals surface area contributed by atoms with Crippen molar-refractivity contribution in [3.05, 3.63) is 48.6 Å². The van der Waals surface area contributed by atoms with E-state index in [1.807, 2.05) is 0 Å². The molecule has 0 heterocycles. The maximum Gasteiger partial charge on any atom is 0.306 e. The number of carbonyl (C=O) groups excluding carboxylic acids is 3. The van der Waals surface area contributed by atoms with Gasteiger partial charge in [-0.3, -0.25) is 14.4 Å². The molecule has 0 unspecified atom stereocenters. The summed E-state index contributed by atoms with van der Waals surface area (Å²) in [5.41, 5.74) is 0. The van der Waals surface area contributed by atoms with Crippen molar-refractivity contribution in [1.29, 1.82) is 0 Å². The number of rotatable bonds is 57. The second kappa shape index (κ2) is 59.9. The van der Waals surface area contributed by atoms with Crippen LogP contribution in [0.4, 0.5) is 0 Å². The highest BCUT2D eigenvalue weighted by atomic mass is 16.6. The van der Waals surface area contributed by atoms with Gasteiger partial charge in [-0.25, -0.2) is 0 Å². The number of esters is 3. The lowest BCUT2D eigenvalue weighted by molar-refractivity contribution is -0.167. The molecular weight excluding hydrogens is 877 g/mol. The summed E-state index contributed by atoms with van der Waals surface area (Å²) in [6, 6.07) is 0. The lowest BCUT2D eigenvalue weighted by Crippen LogP contribution is -2.30. The van der Waals surface area contributed by atoms with Gasteiger partial charge in [-0.05, 0) is 103 Å². The van der Waals surface area contributed by atoms with E-state index >= 15 is 0 Å². The third-order valence-corrected chi connectivity index (χ3v) is 13.8. The molecule has 0 bridgehead atoms. The lowest BCUT2D eigenvalue weighted by Gasteiger charge is -2.18. The number of unbranched alkanes of at least 4 members (excludes halogenated alkanes) is 38. The first-order valence-electron chi connectivity index (χ1n) is 31.1. The summed E-state index contributed by atoms with van der Waals surface area (Å²) in [5.74, 6) is -0.873. The van der Waals surface area contributed by atoms with Gasteiger partial charge < -0.3 is 14.2 Å². The van der Waals surface area contributed by atoms with Gasteiger partial charge in [0.2, 0.25) is 0 Å². The van der Waals surface area contributed by atoms with E-state index in [2.05, 4.69) is 69.4 Å². The summed E-state index contributed by atoms with van der Waals surface area (Å²) in [6.07, 6.45) is 73.9. The Kier molecular flexibility index (Phi) is 57.7. The fourth-order valence-electron chi connectivity index (χ4n) is 9.05. The van der Waals surface area contributed by atoms with Crippen molar-refractivity contribution in [1.82, 2.24) is 0 Å². The smallest absolute Gasteiger partial charge is 0.306 e. The summed E-state index contributed by atoms with van der Waals surface area (Å²) in [7, 11) is 0. The normalized spacial score (nSPS) is 12.3. The summed E-state index contributed by atoms with van der Waals surface area (Å²) in [4.78, 5) is 38.2. The van der Waals surface area contributed by atoms with Gasteiger partial charge in [0.05, 0.1) is 0 Å². The van der Waals surface area contributed by atoms with E-state index in [9.17, 15) is 14.4 Å². The fourth-order valence-corrected chi connectivity index (χ4v) is 9.05. The second-order valence-corrected chi connectivity index (χ2v) is 21.0. The lowest BCUT2D eigenvalue weighted by atomic mass is 10.0. The predicted octanol–water partition coefficient (Wildman–Crippen LogP) is 21.0. The van der Waals surface area contributed by atoms with Gasteiger partial charge >= 0.3 is 17.9 Å². The molecule has 1 atom stereocenters. The van der Waals surface area contributed by atoms with Gasteiger partial charge in [-0.2, -0.15) is 0 Å². The Labute approximate surface area is 441 Å². The highest BCUT2D eigenvalue weighted by molar-refractivity contribution is 5.71. The molecule has 71 heavy (non-hydrogen) atoms. The van der Waals surface area contributed by atoms with Gasteiger partial charge in [0.1, 0.15) is 13.2 Å². The van der Waals surface area contributed by atoms with Crippen LogP contribution in [0.15, 0.2) is 48.6 Å². The zero-order valence-electron chi connectivity index (χ0n) is 47.5. The SMILES string of the molecule is CCCCC/C=C\C/C=C\CCCCCCCCCCCC(=O)OC[C@H](COC(=O)CCCCCCCCCCCCC/C=C\CCCCCCCC)OC(=O)CCCCCCC/C=C\CCCCCC. The van der Waals surface area contributed by atoms with E-state index in [4.69, 9.17) is 14.2 Å². The molecule has 0 aliphatic carbocycles. The Morgan fingerprint density at radius 1 is 0.282 bits per heavy atom. The maximum atomic E-state index is 12.9. The topological polar surface area (TPSA) is 78.9 Å². The van der Waals surface area contributed by atoms with Crippen LogP contribution in [0.3, 0.4) is 0 Å². The van der Waals surface area contributed by atoms with Crippen LogP contribution >= 0.6 is 0 Å². The predicted molar refractivity (Wildman–Crippen MR) is 307 cm³/mol. The Bertz CT molecular complexity index is 1230. The first-order chi connectivity index (χ1) is 35.0. The van der Waals surface area contributed by atoms with Crippen molar-refractivity contribution in [2.24, 2.45) is 0 Å². The largest absolute Gasteiger partial charge is 0.462 e. The summed E-state index contributed by atoms with van der Waals surface area (Å²) < 4.78 is 16.9. The molecule has 0 aliphatic rings. The highest BCUT2D eigenvalue weighted by Gasteiger charge is 2.19. The molecule has 0 aliphatic heterocycles. The van der Waals surface area contributed by atoms with E-state index in [1.165, 1.54) is 212 Å². The molecule has 0 saturated heterocycles. The molecule has 0 radical (unpaired) electrons. The highest BCUT2D eigenvalue weighted by Crippen LogP contribution is 2.16. The third kappa shape index (κ3) is 58.1. The van der Waals surface area contributed by atoms with Crippen molar-refractivity contribution in [2.45, 2.75) is 335 Å². The average Bonchev–Trinajstić information content (AvgIpc) is 3.37. The van der Waals surface area contributed by atoms with Crippen LogP contribution in [0.5, 0.6) is 0 Å². The third-order valence-electron chi connectivity index (χ3n) is 13.8. The standard InChI is InChI=1S/C65H118O6/c1-4-7-10-13-16-19-22-25-27-29-31-32-34-36-38-41-43-46-49-52-55-58-64(67)70-61-62(71-65(68)59-56-53-50-47-44-39-24-21-18-15-12-9-6-3)60-69-63(66)57-54-51-48-45-42-40-37-35-33-30-28-26-23-20-17-14-11-8-5-2/h17,20-21,24-28,62H,4-16,18-19,22-23,29-61H2,1-3H3/b20-17-,24-21-,27-25-,28-26-/t62-/m1/s1. The maximum absolute atomic E-state index is 12.9. The fraction of sp³-hybridized carbons (Fsp3) is 0.831. The molecule has 414 valence electrons. The van der Waals surface area contributed by atoms with Crippen molar-refractivity contribution in [3.8, 4) is 0 Å². The minimum Gasteiger partial charge on any atom is -0.462 e. The van der Waals surface area contributed by atoms with Crippen molar-refractivity contribution in [3.63, 3.8) is 0 Å². The number of hydrogen-bond donors (Lipinski definition) is 0. The molecule has 0 amide bonds. The van der Waals surface area contributed by atoms with Crippen LogP contribution in [0, 0.1) is 0 Å². The second-order valence-electron chi connectivity index (χ2n) is 21.0. The quantitative estimate of drug-likeness (QED) is 0.0261. The molecule has 0 aromatic carbocycles. The molecule has 0 spiro atoms. The van der Waals surface area contributed by atoms with Gasteiger partial charge in [0.15, 0.2) is 6.10 Å². The van der Waals surface area contributed by atoms with Gasteiger partial charge in [-0.1, -0.05) is 256 Å². The van der Waals surface area contributed by atoms with Crippen molar-refractivity contribution < 1.29 is 28.6 Å². The van der Waals surface area contributed by atoms with E-state index in [0.717, 1.165) is 77.0 Å². The Morgan fingerprint density at radius 3 is 0.831 bits per heavy atom. The minimum atomic E-state index is -0.779. The molecule has 0 N–H and O–H groups in total. The Hall–Kier alpha value is -2.63. The summed E-state index contributed by atoms with van der Waals surface area (Å²) in [6.45, 7) is 6.63. The van der Waals surface area contributed by atoms with E-state index in [-0.39, 0.29) is 31.1 Å². The number of hydrogen-bond acceptors (Lipinski definition) is 6. The van der Waals surface area contributed by atoms with Gasteiger partial charge in [0, 0.05) is 19.3 Å². The number of ether oxygens (including phenoxy) is 3. The van der Waals surface area contributed by atoms with Crippen molar-refractivity contribution >= 4 is 17.9 Å². The van der Waals surface area contributed by atoms with Crippen LogP contribution < -0.4 is 0 Å². The van der Waals surface area contributed by atoms with Crippen molar-refractivity contribution in [2.75, 3.05) is 13.2 Å². The van der Waals surface area contributed by atoms with Crippen LogP contribution in [-0.2, 0) is 28.6 Å². The molecule has 0 rings (SSSR count). The molecule has 6 heteroatoms. The van der Waals surface area contributed by atoms with Gasteiger partial charge in [0.25, 0.3) is 0 Å². The molecule has 0 fully saturated rings. The molecule has 0 saturated carbocycles. The first-order valence-corrected chi connectivity index (χ1v) is 31.1. The minimum absolute atomic E-state index is 0.0759. The zero-order valence-corrected chi connectivity index (χ0v) is 47.5. The summed E-state index contributed by atoms with van der Waals surface area (Å²) >= 11 is 0. The number of allylic oxidation sites excluding steroid dienone is 8. The zero-order chi connectivity index (χ0) is 51.4. The summed E-state index contributed by atoms with van der Waals surface area (Å²) in [5, 5.41) is 0. The van der Waals surface area contributed by atoms with E-state index < -0.39 is 6.10 Å². The van der Waals surface area contributed by atoms with Crippen LogP contribution in [-0.4, -0.2) is 37.2 Å². The first kappa shape index (κ1) is 68.4. The Balaban J connectivity index is 4.30. The molecule has 6 nitrogen and oxygen atoms in total. The van der Waals surface area contributed by atoms with Gasteiger partial charge in [-0.15, -0.1) is 0 Å². The van der Waals surface area contributed by atoms with E-state index in [0.29, 0.717) is 19.3 Å². The molecule has 0 aromatic heterocycles. The Morgan fingerprint density at radius 2 is 0.507 bits per heavy atom. The molecular formula is C65H118O6. The van der Waals surface area contributed by atoms with Crippen LogP contribution in [0.25, 0.3) is 0 Å².